The lowest BCUT2D eigenvalue weighted by Gasteiger charge is -2.12. The van der Waals surface area contributed by atoms with Gasteiger partial charge in [0.05, 0.1) is 36.8 Å². The largest absolute Gasteiger partial charge is 0.486 e. The van der Waals surface area contributed by atoms with Crippen molar-refractivity contribution in [2.24, 2.45) is 0 Å². The van der Waals surface area contributed by atoms with Crippen LogP contribution in [-0.2, 0) is 27.4 Å². The number of para-hydroxylation sites is 1. The van der Waals surface area contributed by atoms with E-state index >= 15 is 0 Å². The normalized spacial score (nSPS) is 10.3. The van der Waals surface area contributed by atoms with Crippen LogP contribution in [0.5, 0.6) is 5.75 Å². The Bertz CT molecular complexity index is 1210. The Morgan fingerprint density at radius 2 is 1.80 bits per heavy atom. The Balaban J connectivity index is 1.70. The van der Waals surface area contributed by atoms with E-state index in [1.54, 1.807) is 10.6 Å². The van der Waals surface area contributed by atoms with Crippen LogP contribution in [-0.4, -0.2) is 52.6 Å². The van der Waals surface area contributed by atoms with Crippen molar-refractivity contribution in [3.63, 3.8) is 0 Å². The Kier molecular flexibility index (Phi) is 9.02. The number of aromatic nitrogens is 3. The first-order valence-corrected chi connectivity index (χ1v) is 11.4. The first kappa shape index (κ1) is 25.5. The molecule has 0 aliphatic rings. The van der Waals surface area contributed by atoms with E-state index in [-0.39, 0.29) is 29.2 Å². The maximum absolute atomic E-state index is 12.7. The van der Waals surface area contributed by atoms with Gasteiger partial charge in [-0.3, -0.25) is 9.36 Å². The average Bonchev–Trinajstić information content (AvgIpc) is 3.27. The number of rotatable bonds is 11. The van der Waals surface area contributed by atoms with Crippen molar-refractivity contribution in [1.82, 2.24) is 14.8 Å². The molecule has 0 spiro atoms. The van der Waals surface area contributed by atoms with Gasteiger partial charge in [-0.25, -0.2) is 9.59 Å². The Labute approximate surface area is 206 Å². The van der Waals surface area contributed by atoms with Crippen LogP contribution in [0.1, 0.15) is 26.5 Å². The molecule has 2 aromatic carbocycles. The molecule has 0 saturated heterocycles. The number of esters is 2. The highest BCUT2D eigenvalue weighted by atomic mass is 32.2. The van der Waals surface area contributed by atoms with E-state index in [2.05, 4.69) is 22.1 Å². The second kappa shape index (κ2) is 12.4. The molecule has 182 valence electrons. The van der Waals surface area contributed by atoms with Crippen LogP contribution in [0.15, 0.2) is 66.3 Å². The minimum absolute atomic E-state index is 0.0299. The number of thioether (sulfide) groups is 1. The first-order chi connectivity index (χ1) is 17.0. The van der Waals surface area contributed by atoms with Gasteiger partial charge in [-0.2, -0.15) is 0 Å². The number of hydrogen-bond acceptors (Lipinski definition) is 9. The quantitative estimate of drug-likeness (QED) is 0.242. The van der Waals surface area contributed by atoms with Gasteiger partial charge in [0.15, 0.2) is 11.0 Å². The maximum atomic E-state index is 12.7. The molecule has 11 heteroatoms. The lowest BCUT2D eigenvalue weighted by atomic mass is 10.1. The van der Waals surface area contributed by atoms with Gasteiger partial charge in [-0.1, -0.05) is 36.0 Å². The van der Waals surface area contributed by atoms with Crippen LogP contribution in [0.3, 0.4) is 0 Å². The molecular formula is C24H24N4O6S. The maximum Gasteiger partial charge on any atom is 0.339 e. The number of carbonyl (C=O) groups is 3. The van der Waals surface area contributed by atoms with Gasteiger partial charge < -0.3 is 19.5 Å². The van der Waals surface area contributed by atoms with Gasteiger partial charge in [0.1, 0.15) is 12.4 Å². The monoisotopic (exact) mass is 496 g/mol. The number of nitrogens with one attached hydrogen (secondary N) is 1. The fourth-order valence-electron chi connectivity index (χ4n) is 3.01. The molecule has 3 rings (SSSR count). The summed E-state index contributed by atoms with van der Waals surface area (Å²) in [7, 11) is 2.47. The second-order valence-corrected chi connectivity index (χ2v) is 7.92. The van der Waals surface area contributed by atoms with Gasteiger partial charge in [-0.15, -0.1) is 16.8 Å². The molecular weight excluding hydrogens is 472 g/mol. The van der Waals surface area contributed by atoms with Crippen molar-refractivity contribution in [3.8, 4) is 5.75 Å². The number of ether oxygens (including phenoxy) is 3. The van der Waals surface area contributed by atoms with Crippen LogP contribution >= 0.6 is 11.8 Å². The van der Waals surface area contributed by atoms with Gasteiger partial charge in [-0.05, 0) is 30.3 Å². The molecule has 0 saturated carbocycles. The summed E-state index contributed by atoms with van der Waals surface area (Å²) in [6, 6.07) is 13.5. The molecule has 35 heavy (non-hydrogen) atoms. The van der Waals surface area contributed by atoms with Crippen LogP contribution in [0, 0.1) is 0 Å². The highest BCUT2D eigenvalue weighted by Crippen LogP contribution is 2.22. The Morgan fingerprint density at radius 3 is 2.49 bits per heavy atom. The first-order valence-electron chi connectivity index (χ1n) is 10.4. The molecule has 1 heterocycles. The van der Waals surface area contributed by atoms with Crippen LogP contribution < -0.4 is 10.1 Å². The Morgan fingerprint density at radius 1 is 1.06 bits per heavy atom. The number of anilines is 1. The highest BCUT2D eigenvalue weighted by molar-refractivity contribution is 7.99. The van der Waals surface area contributed by atoms with Crippen molar-refractivity contribution in [3.05, 3.63) is 78.1 Å². The molecule has 0 fully saturated rings. The number of benzene rings is 2. The summed E-state index contributed by atoms with van der Waals surface area (Å²) in [5.41, 5.74) is 0.417. The molecule has 0 unspecified atom stereocenters. The molecule has 0 bridgehead atoms. The summed E-state index contributed by atoms with van der Waals surface area (Å²) in [6.45, 7) is 4.39. The zero-order valence-corrected chi connectivity index (χ0v) is 20.0. The number of allylic oxidation sites excluding steroid dienone is 1. The summed E-state index contributed by atoms with van der Waals surface area (Å²) >= 11 is 1.16. The van der Waals surface area contributed by atoms with E-state index in [9.17, 15) is 14.4 Å². The van der Waals surface area contributed by atoms with Crippen molar-refractivity contribution in [1.29, 1.82) is 0 Å². The van der Waals surface area contributed by atoms with Crippen LogP contribution in [0.25, 0.3) is 0 Å². The zero-order valence-electron chi connectivity index (χ0n) is 19.2. The molecule has 1 amide bonds. The van der Waals surface area contributed by atoms with Crippen molar-refractivity contribution < 1.29 is 28.6 Å². The predicted molar refractivity (Wildman–Crippen MR) is 129 cm³/mol. The molecule has 0 atom stereocenters. The third-order valence-corrected chi connectivity index (χ3v) is 5.64. The summed E-state index contributed by atoms with van der Waals surface area (Å²) in [6.07, 6.45) is 1.69. The highest BCUT2D eigenvalue weighted by Gasteiger charge is 2.19. The van der Waals surface area contributed by atoms with E-state index in [1.807, 2.05) is 30.3 Å². The number of carbonyl (C=O) groups excluding carboxylic acids is 3. The molecule has 3 aromatic rings. The van der Waals surface area contributed by atoms with Gasteiger partial charge >= 0.3 is 11.9 Å². The third kappa shape index (κ3) is 6.70. The number of methoxy groups -OCH3 is 2. The Hall–Kier alpha value is -4.12. The van der Waals surface area contributed by atoms with Crippen molar-refractivity contribution in [2.45, 2.75) is 18.3 Å². The van der Waals surface area contributed by atoms with Crippen molar-refractivity contribution >= 4 is 35.3 Å². The van der Waals surface area contributed by atoms with Crippen LogP contribution in [0.2, 0.25) is 0 Å². The standard InChI is InChI=1S/C24H24N4O6S/c1-4-12-28-20(14-34-17-8-6-5-7-9-17)26-27-24(28)35-15-21(29)25-19-13-16(22(30)32-2)10-11-18(19)23(31)33-3/h4-11,13H,1,12,14-15H2,2-3H3,(H,25,29). The lowest BCUT2D eigenvalue weighted by molar-refractivity contribution is -0.113. The van der Waals surface area contributed by atoms with E-state index in [0.717, 1.165) is 11.8 Å². The molecule has 0 radical (unpaired) electrons. The second-order valence-electron chi connectivity index (χ2n) is 6.98. The number of amides is 1. The molecule has 1 aromatic heterocycles. The van der Waals surface area contributed by atoms with Crippen LogP contribution in [0.4, 0.5) is 5.69 Å². The summed E-state index contributed by atoms with van der Waals surface area (Å²) in [5, 5.41) is 11.5. The molecule has 1 N–H and O–H groups in total. The topological polar surface area (TPSA) is 122 Å². The molecule has 10 nitrogen and oxygen atoms in total. The van der Waals surface area contributed by atoms with Crippen molar-refractivity contribution in [2.75, 3.05) is 25.3 Å². The molecule has 0 aliphatic heterocycles. The number of nitrogens with zero attached hydrogens (tertiary/aromatic N) is 3. The SMILES string of the molecule is C=CCn1c(COc2ccccc2)nnc1SCC(=O)Nc1cc(C(=O)OC)ccc1C(=O)OC. The summed E-state index contributed by atoms with van der Waals surface area (Å²) in [4.78, 5) is 36.6. The third-order valence-electron chi connectivity index (χ3n) is 4.67. The minimum Gasteiger partial charge on any atom is -0.486 e. The van der Waals surface area contributed by atoms with E-state index in [4.69, 9.17) is 14.2 Å². The van der Waals surface area contributed by atoms with E-state index in [0.29, 0.717) is 23.3 Å². The zero-order chi connectivity index (χ0) is 25.2. The van der Waals surface area contributed by atoms with Gasteiger partial charge in [0.2, 0.25) is 5.91 Å². The minimum atomic E-state index is -0.654. The predicted octanol–water partition coefficient (Wildman–Crippen LogP) is 3.35. The van der Waals surface area contributed by atoms with E-state index in [1.165, 1.54) is 32.4 Å². The van der Waals surface area contributed by atoms with Gasteiger partial charge in [0, 0.05) is 6.54 Å². The summed E-state index contributed by atoms with van der Waals surface area (Å²) in [5.74, 6) is -0.428. The van der Waals surface area contributed by atoms with Gasteiger partial charge in [0.25, 0.3) is 0 Å². The molecule has 0 aliphatic carbocycles. The van der Waals surface area contributed by atoms with E-state index < -0.39 is 17.8 Å². The fraction of sp³-hybridized carbons (Fsp3) is 0.208. The number of hydrogen-bond donors (Lipinski definition) is 1. The fourth-order valence-corrected chi connectivity index (χ4v) is 3.77. The average molecular weight is 497 g/mol. The lowest BCUT2D eigenvalue weighted by Crippen LogP contribution is -2.18. The smallest absolute Gasteiger partial charge is 0.339 e. The summed E-state index contributed by atoms with van der Waals surface area (Å²) < 4.78 is 17.0.